The van der Waals surface area contributed by atoms with Crippen molar-refractivity contribution < 1.29 is 0 Å². The van der Waals surface area contributed by atoms with E-state index in [1.54, 1.807) is 0 Å². The van der Waals surface area contributed by atoms with Crippen molar-refractivity contribution in [1.82, 2.24) is 10.6 Å². The van der Waals surface area contributed by atoms with Gasteiger partial charge in [-0.3, -0.25) is 5.32 Å². The first-order valence-corrected chi connectivity index (χ1v) is 4.37. The molecule has 2 fully saturated rings. The Morgan fingerprint density at radius 3 is 2.40 bits per heavy atom. The normalized spacial score (nSPS) is 31.2. The van der Waals surface area contributed by atoms with Gasteiger partial charge in [0.1, 0.15) is 0 Å². The summed E-state index contributed by atoms with van der Waals surface area (Å²) in [6, 6.07) is 0. The first kappa shape index (κ1) is 6.62. The van der Waals surface area contributed by atoms with Crippen molar-refractivity contribution in [3.8, 4) is 0 Å². The van der Waals surface area contributed by atoms with Crippen molar-refractivity contribution in [2.75, 3.05) is 13.2 Å². The third-order valence-corrected chi connectivity index (χ3v) is 2.86. The highest BCUT2D eigenvalue weighted by molar-refractivity contribution is 4.95. The second-order valence-electron chi connectivity index (χ2n) is 3.62. The van der Waals surface area contributed by atoms with Crippen LogP contribution in [0.25, 0.3) is 0 Å². The summed E-state index contributed by atoms with van der Waals surface area (Å²) in [5, 5.41) is 6.93. The molecule has 10 heavy (non-hydrogen) atoms. The van der Waals surface area contributed by atoms with Crippen LogP contribution in [-0.2, 0) is 0 Å². The molecule has 0 aromatic rings. The van der Waals surface area contributed by atoms with Crippen LogP contribution in [0.15, 0.2) is 0 Å². The fourth-order valence-electron chi connectivity index (χ4n) is 2.20. The molecule has 1 saturated heterocycles. The largest absolute Gasteiger partial charge is 0.303 e. The highest BCUT2D eigenvalue weighted by Crippen LogP contribution is 2.28. The van der Waals surface area contributed by atoms with Crippen LogP contribution >= 0.6 is 0 Å². The van der Waals surface area contributed by atoms with E-state index in [-0.39, 0.29) is 0 Å². The maximum atomic E-state index is 3.56. The molecule has 1 spiro atoms. The Bertz CT molecular complexity index is 108. The van der Waals surface area contributed by atoms with Gasteiger partial charge in [0.15, 0.2) is 0 Å². The van der Waals surface area contributed by atoms with Crippen molar-refractivity contribution in [3.63, 3.8) is 0 Å². The van der Waals surface area contributed by atoms with Crippen molar-refractivity contribution in [2.45, 2.75) is 37.6 Å². The molecule has 0 amide bonds. The lowest BCUT2D eigenvalue weighted by atomic mass is 9.83. The molecule has 2 N–H and O–H groups in total. The van der Waals surface area contributed by atoms with Crippen molar-refractivity contribution in [2.24, 2.45) is 0 Å². The van der Waals surface area contributed by atoms with Gasteiger partial charge < -0.3 is 5.32 Å². The maximum Gasteiger partial charge on any atom is 0.0459 e. The van der Waals surface area contributed by atoms with Crippen LogP contribution in [0.4, 0.5) is 0 Å². The van der Waals surface area contributed by atoms with Gasteiger partial charge in [-0.05, 0) is 12.8 Å². The zero-order valence-corrected chi connectivity index (χ0v) is 6.45. The van der Waals surface area contributed by atoms with E-state index in [9.17, 15) is 0 Å². The van der Waals surface area contributed by atoms with Gasteiger partial charge in [-0.1, -0.05) is 19.3 Å². The lowest BCUT2D eigenvalue weighted by Gasteiger charge is -2.32. The second kappa shape index (κ2) is 2.51. The minimum absolute atomic E-state index is 0.512. The van der Waals surface area contributed by atoms with Crippen LogP contribution in [0.3, 0.4) is 0 Å². The van der Waals surface area contributed by atoms with Gasteiger partial charge in [0.05, 0.1) is 0 Å². The average molecular weight is 140 g/mol. The van der Waals surface area contributed by atoms with E-state index in [1.807, 2.05) is 0 Å². The molecule has 0 radical (unpaired) electrons. The van der Waals surface area contributed by atoms with Crippen molar-refractivity contribution in [3.05, 3.63) is 0 Å². The summed E-state index contributed by atoms with van der Waals surface area (Å²) in [6.07, 6.45) is 7.08. The van der Waals surface area contributed by atoms with Gasteiger partial charge in [-0.15, -0.1) is 0 Å². The number of hydrogen-bond donors (Lipinski definition) is 2. The van der Waals surface area contributed by atoms with E-state index in [0.29, 0.717) is 5.54 Å². The predicted octanol–water partition coefficient (Wildman–Crippen LogP) is 0.840. The Hall–Kier alpha value is -0.0800. The summed E-state index contributed by atoms with van der Waals surface area (Å²) in [5.41, 5.74) is 0.512. The van der Waals surface area contributed by atoms with E-state index < -0.39 is 0 Å². The fourth-order valence-corrected chi connectivity index (χ4v) is 2.20. The first-order chi connectivity index (χ1) is 4.91. The molecule has 0 bridgehead atoms. The van der Waals surface area contributed by atoms with Gasteiger partial charge in [-0.2, -0.15) is 0 Å². The Balaban J connectivity index is 1.98. The van der Waals surface area contributed by atoms with Crippen LogP contribution in [0.2, 0.25) is 0 Å². The van der Waals surface area contributed by atoms with E-state index in [2.05, 4.69) is 10.6 Å². The van der Waals surface area contributed by atoms with Gasteiger partial charge in [0.2, 0.25) is 0 Å². The lowest BCUT2D eigenvalue weighted by molar-refractivity contribution is 0.279. The molecule has 1 aliphatic heterocycles. The maximum absolute atomic E-state index is 3.56. The van der Waals surface area contributed by atoms with Crippen LogP contribution < -0.4 is 10.6 Å². The zero-order chi connectivity index (χ0) is 6.86. The zero-order valence-electron chi connectivity index (χ0n) is 6.45. The molecule has 2 nitrogen and oxygen atoms in total. The minimum atomic E-state index is 0.512. The highest BCUT2D eigenvalue weighted by atomic mass is 15.2. The third-order valence-electron chi connectivity index (χ3n) is 2.86. The van der Waals surface area contributed by atoms with Gasteiger partial charge in [0.25, 0.3) is 0 Å². The first-order valence-electron chi connectivity index (χ1n) is 4.37. The summed E-state index contributed by atoms with van der Waals surface area (Å²) in [4.78, 5) is 0. The predicted molar refractivity (Wildman–Crippen MR) is 41.8 cm³/mol. The molecule has 58 valence electrons. The number of hydrogen-bond acceptors (Lipinski definition) is 2. The Labute approximate surface area is 62.4 Å². The monoisotopic (exact) mass is 140 g/mol. The average Bonchev–Trinajstić information content (AvgIpc) is 2.39. The SMILES string of the molecule is C1CCC2(CC1)CNCN2. The van der Waals surface area contributed by atoms with Gasteiger partial charge in [-0.25, -0.2) is 0 Å². The Morgan fingerprint density at radius 2 is 1.80 bits per heavy atom. The van der Waals surface area contributed by atoms with Gasteiger partial charge in [0, 0.05) is 18.8 Å². The Morgan fingerprint density at radius 1 is 1.00 bits per heavy atom. The van der Waals surface area contributed by atoms with Crippen molar-refractivity contribution in [1.29, 1.82) is 0 Å². The van der Waals surface area contributed by atoms with Crippen LogP contribution in [0.5, 0.6) is 0 Å². The topological polar surface area (TPSA) is 24.1 Å². The molecule has 1 aliphatic carbocycles. The van der Waals surface area contributed by atoms with Crippen LogP contribution in [0, 0.1) is 0 Å². The Kier molecular flexibility index (Phi) is 1.66. The molecule has 0 aromatic carbocycles. The lowest BCUT2D eigenvalue weighted by Crippen LogP contribution is -2.43. The molecule has 0 aromatic heterocycles. The fraction of sp³-hybridized carbons (Fsp3) is 1.00. The summed E-state index contributed by atoms with van der Waals surface area (Å²) in [5.74, 6) is 0. The molecule has 2 rings (SSSR count). The molecule has 2 heteroatoms. The summed E-state index contributed by atoms with van der Waals surface area (Å²) < 4.78 is 0. The second-order valence-corrected chi connectivity index (χ2v) is 3.62. The van der Waals surface area contributed by atoms with E-state index in [0.717, 1.165) is 6.67 Å². The molecular weight excluding hydrogens is 124 g/mol. The number of rotatable bonds is 0. The molecule has 2 aliphatic rings. The summed E-state index contributed by atoms with van der Waals surface area (Å²) in [6.45, 7) is 2.23. The van der Waals surface area contributed by atoms with Crippen molar-refractivity contribution >= 4 is 0 Å². The number of nitrogens with one attached hydrogen (secondary N) is 2. The molecule has 0 atom stereocenters. The highest BCUT2D eigenvalue weighted by Gasteiger charge is 2.33. The van der Waals surface area contributed by atoms with E-state index >= 15 is 0 Å². The van der Waals surface area contributed by atoms with Crippen LogP contribution in [-0.4, -0.2) is 18.8 Å². The molecule has 1 heterocycles. The molecular formula is C8H16N2. The van der Waals surface area contributed by atoms with E-state index in [1.165, 1.54) is 38.6 Å². The molecule has 0 unspecified atom stereocenters. The smallest absolute Gasteiger partial charge is 0.0459 e. The van der Waals surface area contributed by atoms with Gasteiger partial charge >= 0.3 is 0 Å². The summed E-state index contributed by atoms with van der Waals surface area (Å²) >= 11 is 0. The molecule has 1 saturated carbocycles. The third kappa shape index (κ3) is 1.06. The minimum Gasteiger partial charge on any atom is -0.303 e. The standard InChI is InChI=1S/C8H16N2/c1-2-4-8(5-3-1)6-9-7-10-8/h9-10H,1-7H2. The van der Waals surface area contributed by atoms with E-state index in [4.69, 9.17) is 0 Å². The quantitative estimate of drug-likeness (QED) is 0.521. The summed E-state index contributed by atoms with van der Waals surface area (Å²) in [7, 11) is 0. The van der Waals surface area contributed by atoms with Crippen LogP contribution in [0.1, 0.15) is 32.1 Å².